The van der Waals surface area contributed by atoms with Gasteiger partial charge in [-0.2, -0.15) is 0 Å². The number of aromatic nitrogens is 2. The largest absolute Gasteiger partial charge is 0.351 e. The predicted octanol–water partition coefficient (Wildman–Crippen LogP) is 4.78. The fourth-order valence-corrected chi connectivity index (χ4v) is 4.47. The molecule has 0 aliphatic carbocycles. The van der Waals surface area contributed by atoms with E-state index in [1.54, 1.807) is 18.0 Å². The second kappa shape index (κ2) is 7.98. The van der Waals surface area contributed by atoms with Crippen LogP contribution in [0.4, 0.5) is 0 Å². The van der Waals surface area contributed by atoms with E-state index < -0.39 is 0 Å². The molecular formula is C21H19N3OS2. The fraction of sp³-hybridized carbons (Fsp3) is 0.143. The summed E-state index contributed by atoms with van der Waals surface area (Å²) < 4.78 is 1.98. The van der Waals surface area contributed by atoms with E-state index in [4.69, 9.17) is 0 Å². The average molecular weight is 394 g/mol. The lowest BCUT2D eigenvalue weighted by Gasteiger charge is -2.08. The number of nitrogens with zero attached hydrogens (tertiary/aromatic N) is 2. The third-order valence-electron chi connectivity index (χ3n) is 4.37. The summed E-state index contributed by atoms with van der Waals surface area (Å²) in [6.45, 7) is 0.601. The molecule has 4 nitrogen and oxygen atoms in total. The Labute approximate surface area is 166 Å². The number of carbonyl (C=O) groups is 1. The molecule has 3 aromatic heterocycles. The maximum atomic E-state index is 12.9. The summed E-state index contributed by atoms with van der Waals surface area (Å²) in [7, 11) is 0. The molecule has 0 aliphatic heterocycles. The molecule has 0 fully saturated rings. The Morgan fingerprint density at radius 2 is 1.93 bits per heavy atom. The molecule has 136 valence electrons. The molecule has 0 bridgehead atoms. The first-order chi connectivity index (χ1) is 13.3. The summed E-state index contributed by atoms with van der Waals surface area (Å²) in [6.07, 6.45) is 8.55. The fourth-order valence-electron chi connectivity index (χ4n) is 3.01. The highest BCUT2D eigenvalue weighted by Gasteiger charge is 2.19. The molecule has 1 amide bonds. The monoisotopic (exact) mass is 393 g/mol. The van der Waals surface area contributed by atoms with E-state index in [9.17, 15) is 4.79 Å². The van der Waals surface area contributed by atoms with Crippen molar-refractivity contribution in [2.45, 2.75) is 11.3 Å². The van der Waals surface area contributed by atoms with Crippen molar-refractivity contribution in [3.05, 3.63) is 77.6 Å². The highest BCUT2D eigenvalue weighted by Crippen LogP contribution is 2.32. The molecule has 3 heterocycles. The van der Waals surface area contributed by atoms with E-state index in [1.807, 2.05) is 41.2 Å². The molecule has 6 heteroatoms. The molecule has 0 unspecified atom stereocenters. The lowest BCUT2D eigenvalue weighted by molar-refractivity contribution is 0.0958. The van der Waals surface area contributed by atoms with Crippen LogP contribution >= 0.6 is 23.1 Å². The molecule has 0 radical (unpaired) electrons. The van der Waals surface area contributed by atoms with Crippen LogP contribution < -0.4 is 5.32 Å². The SMILES string of the molecule is CSc1ccc(CCNC(=O)c2sc3ncccc3c2-n2cccc2)cc1. The van der Waals surface area contributed by atoms with Crippen molar-refractivity contribution in [1.29, 1.82) is 0 Å². The van der Waals surface area contributed by atoms with Gasteiger partial charge in [-0.25, -0.2) is 4.98 Å². The van der Waals surface area contributed by atoms with Crippen LogP contribution in [-0.2, 0) is 6.42 Å². The number of thioether (sulfide) groups is 1. The molecule has 0 saturated carbocycles. The maximum Gasteiger partial charge on any atom is 0.263 e. The zero-order valence-electron chi connectivity index (χ0n) is 14.9. The highest BCUT2D eigenvalue weighted by molar-refractivity contribution is 7.98. The van der Waals surface area contributed by atoms with Crippen molar-refractivity contribution in [3.63, 3.8) is 0 Å². The lowest BCUT2D eigenvalue weighted by Crippen LogP contribution is -2.25. The first kappa shape index (κ1) is 17.8. The highest BCUT2D eigenvalue weighted by atomic mass is 32.2. The quantitative estimate of drug-likeness (QED) is 0.480. The van der Waals surface area contributed by atoms with Crippen molar-refractivity contribution < 1.29 is 4.79 Å². The Balaban J connectivity index is 1.53. The van der Waals surface area contributed by atoms with Crippen LogP contribution in [0.2, 0.25) is 0 Å². The number of fused-ring (bicyclic) bond motifs is 1. The van der Waals surface area contributed by atoms with Crippen molar-refractivity contribution in [3.8, 4) is 5.69 Å². The summed E-state index contributed by atoms with van der Waals surface area (Å²) in [4.78, 5) is 20.1. The number of thiophene rings is 1. The zero-order valence-corrected chi connectivity index (χ0v) is 16.5. The second-order valence-corrected chi connectivity index (χ2v) is 7.96. The van der Waals surface area contributed by atoms with Gasteiger partial charge in [0.1, 0.15) is 9.71 Å². The number of amides is 1. The molecule has 1 N–H and O–H groups in total. The standard InChI is InChI=1S/C21H19N3OS2/c1-26-16-8-6-15(7-9-16)10-12-22-20(25)19-18(24-13-2-3-14-24)17-5-4-11-23-21(17)27-19/h2-9,11,13-14H,10,12H2,1H3,(H,22,25). The molecule has 0 saturated heterocycles. The van der Waals surface area contributed by atoms with Gasteiger partial charge in [-0.1, -0.05) is 12.1 Å². The zero-order chi connectivity index (χ0) is 18.6. The Morgan fingerprint density at radius 1 is 1.15 bits per heavy atom. The molecular weight excluding hydrogens is 374 g/mol. The van der Waals surface area contributed by atoms with Crippen molar-refractivity contribution in [2.75, 3.05) is 12.8 Å². The number of nitrogens with one attached hydrogen (secondary N) is 1. The molecule has 4 rings (SSSR count). The van der Waals surface area contributed by atoms with E-state index in [1.165, 1.54) is 21.8 Å². The Kier molecular flexibility index (Phi) is 5.27. The van der Waals surface area contributed by atoms with Crippen molar-refractivity contribution in [2.24, 2.45) is 0 Å². The first-order valence-corrected chi connectivity index (χ1v) is 10.7. The summed E-state index contributed by atoms with van der Waals surface area (Å²) in [5, 5.41) is 4.06. The van der Waals surface area contributed by atoms with Crippen LogP contribution in [0.5, 0.6) is 0 Å². The Morgan fingerprint density at radius 3 is 2.67 bits per heavy atom. The molecule has 0 atom stereocenters. The van der Waals surface area contributed by atoms with E-state index in [2.05, 4.69) is 40.8 Å². The van der Waals surface area contributed by atoms with E-state index in [0.717, 1.165) is 22.3 Å². The third kappa shape index (κ3) is 3.77. The van der Waals surface area contributed by atoms with Gasteiger partial charge in [-0.3, -0.25) is 4.79 Å². The van der Waals surface area contributed by atoms with Crippen molar-refractivity contribution >= 4 is 39.2 Å². The molecule has 27 heavy (non-hydrogen) atoms. The van der Waals surface area contributed by atoms with Crippen LogP contribution in [0.25, 0.3) is 15.9 Å². The Bertz CT molecular complexity index is 1050. The molecule has 0 spiro atoms. The predicted molar refractivity (Wildman–Crippen MR) is 113 cm³/mol. The van der Waals surface area contributed by atoms with Gasteiger partial charge in [0.05, 0.1) is 5.69 Å². The minimum atomic E-state index is -0.0533. The van der Waals surface area contributed by atoms with Crippen LogP contribution in [0.15, 0.2) is 72.0 Å². The Hall–Kier alpha value is -2.57. The van der Waals surface area contributed by atoms with Crippen LogP contribution in [-0.4, -0.2) is 28.3 Å². The molecule has 4 aromatic rings. The summed E-state index contributed by atoms with van der Waals surface area (Å²) in [5.74, 6) is -0.0533. The first-order valence-electron chi connectivity index (χ1n) is 8.68. The lowest BCUT2D eigenvalue weighted by atomic mass is 10.1. The van der Waals surface area contributed by atoms with Crippen LogP contribution in [0.3, 0.4) is 0 Å². The van der Waals surface area contributed by atoms with Gasteiger partial charge in [0.25, 0.3) is 5.91 Å². The number of hydrogen-bond acceptors (Lipinski definition) is 4. The minimum absolute atomic E-state index is 0.0533. The number of hydrogen-bond donors (Lipinski definition) is 1. The van der Waals surface area contributed by atoms with E-state index in [0.29, 0.717) is 11.4 Å². The van der Waals surface area contributed by atoms with Crippen molar-refractivity contribution in [1.82, 2.24) is 14.9 Å². The average Bonchev–Trinajstić information content (AvgIpc) is 3.35. The maximum absolute atomic E-state index is 12.9. The van der Waals surface area contributed by atoms with E-state index >= 15 is 0 Å². The smallest absolute Gasteiger partial charge is 0.263 e. The van der Waals surface area contributed by atoms with Crippen LogP contribution in [0, 0.1) is 0 Å². The van der Waals surface area contributed by atoms with Gasteiger partial charge in [0, 0.05) is 35.4 Å². The number of rotatable bonds is 6. The van der Waals surface area contributed by atoms with E-state index in [-0.39, 0.29) is 5.91 Å². The van der Waals surface area contributed by atoms with Gasteiger partial charge in [-0.15, -0.1) is 23.1 Å². The number of benzene rings is 1. The molecule has 1 aromatic carbocycles. The number of pyridine rings is 1. The van der Waals surface area contributed by atoms with Gasteiger partial charge in [0.2, 0.25) is 0 Å². The van der Waals surface area contributed by atoms with Gasteiger partial charge in [0.15, 0.2) is 0 Å². The van der Waals surface area contributed by atoms with Crippen LogP contribution in [0.1, 0.15) is 15.2 Å². The normalized spacial score (nSPS) is 11.0. The summed E-state index contributed by atoms with van der Waals surface area (Å²) in [6, 6.07) is 16.3. The van der Waals surface area contributed by atoms with Gasteiger partial charge < -0.3 is 9.88 Å². The summed E-state index contributed by atoms with van der Waals surface area (Å²) >= 11 is 3.16. The van der Waals surface area contributed by atoms with Gasteiger partial charge >= 0.3 is 0 Å². The number of carbonyl (C=O) groups excluding carboxylic acids is 1. The molecule has 0 aliphatic rings. The summed E-state index contributed by atoms with van der Waals surface area (Å²) in [5.41, 5.74) is 2.12. The topological polar surface area (TPSA) is 46.9 Å². The minimum Gasteiger partial charge on any atom is -0.351 e. The third-order valence-corrected chi connectivity index (χ3v) is 6.21. The van der Waals surface area contributed by atoms with Gasteiger partial charge in [-0.05, 0) is 54.6 Å². The second-order valence-electron chi connectivity index (χ2n) is 6.08.